The maximum Gasteiger partial charge on any atom is 0.257 e. The van der Waals surface area contributed by atoms with Gasteiger partial charge in [-0.3, -0.25) is 0 Å². The third kappa shape index (κ3) is 4.15. The number of hydrogen-bond acceptors (Lipinski definition) is 5. The number of nitrogens with zero attached hydrogens (tertiary/aromatic N) is 2. The molecule has 0 fully saturated rings. The fraction of sp³-hybridized carbons (Fsp3) is 0.474. The molecule has 0 aliphatic heterocycles. The zero-order chi connectivity index (χ0) is 18.4. The number of nitrogens with one attached hydrogen (secondary N) is 1. The minimum atomic E-state index is 0.333. The van der Waals surface area contributed by atoms with E-state index in [0.29, 0.717) is 28.5 Å². The summed E-state index contributed by atoms with van der Waals surface area (Å²) in [4.78, 5) is 9.48. The molecular formula is C19H26ClN3O2. The van der Waals surface area contributed by atoms with E-state index < -0.39 is 0 Å². The Morgan fingerprint density at radius 2 is 1.80 bits per heavy atom. The van der Waals surface area contributed by atoms with E-state index in [-0.39, 0.29) is 0 Å². The lowest BCUT2D eigenvalue weighted by Crippen LogP contribution is -2.19. The van der Waals surface area contributed by atoms with Crippen LogP contribution < -0.4 is 14.8 Å². The Bertz CT molecular complexity index is 718. The second-order valence-electron chi connectivity index (χ2n) is 5.71. The molecule has 0 spiro atoms. The lowest BCUT2D eigenvalue weighted by atomic mass is 10.1. The monoisotopic (exact) mass is 363 g/mol. The number of rotatable bonds is 8. The van der Waals surface area contributed by atoms with E-state index in [9.17, 15) is 0 Å². The standard InChI is InChI=1S/C19H26ClN3O2/c1-6-12(7-2)21-18-19(25-5)23-17(14(8-3)22-18)13-10-9-11-15(24-4)16(13)20/h9-12H,6-8H2,1-5H3,(H,21,22). The number of methoxy groups -OCH3 is 2. The molecule has 2 aromatic rings. The molecule has 0 unspecified atom stereocenters. The summed E-state index contributed by atoms with van der Waals surface area (Å²) in [5, 5.41) is 3.96. The number of anilines is 1. The lowest BCUT2D eigenvalue weighted by Gasteiger charge is -2.19. The molecule has 1 aromatic heterocycles. The molecule has 0 saturated heterocycles. The molecule has 0 bridgehead atoms. The molecule has 136 valence electrons. The van der Waals surface area contributed by atoms with Gasteiger partial charge in [0, 0.05) is 11.6 Å². The maximum atomic E-state index is 6.49. The molecule has 25 heavy (non-hydrogen) atoms. The number of ether oxygens (including phenoxy) is 2. The predicted molar refractivity (Wildman–Crippen MR) is 103 cm³/mol. The van der Waals surface area contributed by atoms with Crippen LogP contribution in [0.1, 0.15) is 39.3 Å². The van der Waals surface area contributed by atoms with E-state index in [0.717, 1.165) is 36.2 Å². The number of benzene rings is 1. The van der Waals surface area contributed by atoms with Crippen molar-refractivity contribution in [3.05, 3.63) is 28.9 Å². The average Bonchev–Trinajstić information content (AvgIpc) is 2.65. The number of aryl methyl sites for hydroxylation is 1. The first-order chi connectivity index (χ1) is 12.1. The molecule has 1 heterocycles. The highest BCUT2D eigenvalue weighted by molar-refractivity contribution is 6.34. The smallest absolute Gasteiger partial charge is 0.257 e. The number of aromatic nitrogens is 2. The van der Waals surface area contributed by atoms with Crippen molar-refractivity contribution in [2.45, 2.75) is 46.1 Å². The Morgan fingerprint density at radius 3 is 2.36 bits per heavy atom. The molecular weight excluding hydrogens is 338 g/mol. The first kappa shape index (κ1) is 19.3. The highest BCUT2D eigenvalue weighted by Crippen LogP contribution is 2.37. The van der Waals surface area contributed by atoms with Crippen LogP contribution in [0.3, 0.4) is 0 Å². The van der Waals surface area contributed by atoms with Crippen LogP contribution in [0.15, 0.2) is 18.2 Å². The molecule has 1 N–H and O–H groups in total. The van der Waals surface area contributed by atoms with E-state index in [4.69, 9.17) is 31.0 Å². The zero-order valence-corrected chi connectivity index (χ0v) is 16.3. The predicted octanol–water partition coefficient (Wildman–Crippen LogP) is 4.98. The largest absolute Gasteiger partial charge is 0.495 e. The van der Waals surface area contributed by atoms with Crippen molar-refractivity contribution in [3.8, 4) is 22.9 Å². The zero-order valence-electron chi connectivity index (χ0n) is 15.5. The fourth-order valence-electron chi connectivity index (χ4n) is 2.69. The molecule has 0 amide bonds. The van der Waals surface area contributed by atoms with Crippen molar-refractivity contribution >= 4 is 17.4 Å². The maximum absolute atomic E-state index is 6.49. The summed E-state index contributed by atoms with van der Waals surface area (Å²) in [6.07, 6.45) is 2.75. The molecule has 0 radical (unpaired) electrons. The molecule has 6 heteroatoms. The lowest BCUT2D eigenvalue weighted by molar-refractivity contribution is 0.397. The Balaban J connectivity index is 2.57. The second-order valence-corrected chi connectivity index (χ2v) is 6.09. The van der Waals surface area contributed by atoms with Gasteiger partial charge in [-0.2, -0.15) is 0 Å². The normalized spacial score (nSPS) is 10.8. The van der Waals surface area contributed by atoms with Crippen LogP contribution in [0, 0.1) is 0 Å². The SMILES string of the molecule is CCc1nc(NC(CC)CC)c(OC)nc1-c1cccc(OC)c1Cl. The molecule has 0 saturated carbocycles. The summed E-state index contributed by atoms with van der Waals surface area (Å²) in [5.41, 5.74) is 2.38. The van der Waals surface area contributed by atoms with Gasteiger partial charge in [-0.15, -0.1) is 0 Å². The van der Waals surface area contributed by atoms with Crippen LogP contribution in [0.4, 0.5) is 5.82 Å². The Labute approximate surface area is 154 Å². The van der Waals surface area contributed by atoms with Gasteiger partial charge in [0.2, 0.25) is 0 Å². The van der Waals surface area contributed by atoms with Crippen molar-refractivity contribution in [1.29, 1.82) is 0 Å². The summed E-state index contributed by atoms with van der Waals surface area (Å²) in [6.45, 7) is 6.34. The highest BCUT2D eigenvalue weighted by Gasteiger charge is 2.19. The van der Waals surface area contributed by atoms with Crippen LogP contribution in [0.2, 0.25) is 5.02 Å². The van der Waals surface area contributed by atoms with Crippen molar-refractivity contribution in [2.24, 2.45) is 0 Å². The summed E-state index contributed by atoms with van der Waals surface area (Å²) < 4.78 is 10.8. The van der Waals surface area contributed by atoms with Gasteiger partial charge < -0.3 is 14.8 Å². The van der Waals surface area contributed by atoms with E-state index >= 15 is 0 Å². The van der Waals surface area contributed by atoms with Gasteiger partial charge in [-0.25, -0.2) is 9.97 Å². The number of halogens is 1. The first-order valence-electron chi connectivity index (χ1n) is 8.63. The van der Waals surface area contributed by atoms with Crippen LogP contribution in [0.5, 0.6) is 11.6 Å². The minimum absolute atomic E-state index is 0.333. The van der Waals surface area contributed by atoms with Gasteiger partial charge in [0.1, 0.15) is 5.75 Å². The van der Waals surface area contributed by atoms with Crippen molar-refractivity contribution in [3.63, 3.8) is 0 Å². The number of hydrogen-bond donors (Lipinski definition) is 1. The third-order valence-electron chi connectivity index (χ3n) is 4.23. The van der Waals surface area contributed by atoms with Gasteiger partial charge in [-0.1, -0.05) is 44.5 Å². The van der Waals surface area contributed by atoms with Crippen molar-refractivity contribution in [2.75, 3.05) is 19.5 Å². The van der Waals surface area contributed by atoms with Gasteiger partial charge in [-0.05, 0) is 25.3 Å². The van der Waals surface area contributed by atoms with E-state index in [2.05, 4.69) is 26.1 Å². The highest BCUT2D eigenvalue weighted by atomic mass is 35.5. The van der Waals surface area contributed by atoms with Gasteiger partial charge in [0.05, 0.1) is 30.6 Å². The van der Waals surface area contributed by atoms with Crippen LogP contribution in [-0.2, 0) is 6.42 Å². The van der Waals surface area contributed by atoms with Crippen molar-refractivity contribution in [1.82, 2.24) is 9.97 Å². The van der Waals surface area contributed by atoms with Crippen LogP contribution >= 0.6 is 11.6 Å². The summed E-state index contributed by atoms with van der Waals surface area (Å²) in [7, 11) is 3.20. The molecule has 0 aliphatic rings. The summed E-state index contributed by atoms with van der Waals surface area (Å²) >= 11 is 6.49. The van der Waals surface area contributed by atoms with E-state index in [1.54, 1.807) is 14.2 Å². The first-order valence-corrected chi connectivity index (χ1v) is 9.01. The second kappa shape index (κ2) is 8.90. The van der Waals surface area contributed by atoms with Crippen molar-refractivity contribution < 1.29 is 9.47 Å². The average molecular weight is 364 g/mol. The molecule has 5 nitrogen and oxygen atoms in total. The summed E-state index contributed by atoms with van der Waals surface area (Å²) in [5.74, 6) is 1.76. The van der Waals surface area contributed by atoms with Crippen LogP contribution in [0.25, 0.3) is 11.3 Å². The Hall–Kier alpha value is -2.01. The molecule has 2 rings (SSSR count). The quantitative estimate of drug-likeness (QED) is 0.717. The van der Waals surface area contributed by atoms with Gasteiger partial charge >= 0.3 is 0 Å². The molecule has 0 atom stereocenters. The fourth-order valence-corrected chi connectivity index (χ4v) is 2.98. The Morgan fingerprint density at radius 1 is 1.08 bits per heavy atom. The van der Waals surface area contributed by atoms with E-state index in [1.165, 1.54) is 0 Å². The van der Waals surface area contributed by atoms with Gasteiger partial charge in [0.15, 0.2) is 5.82 Å². The summed E-state index contributed by atoms with van der Waals surface area (Å²) in [6, 6.07) is 5.97. The van der Waals surface area contributed by atoms with Gasteiger partial charge in [0.25, 0.3) is 5.88 Å². The Kier molecular flexibility index (Phi) is 6.88. The minimum Gasteiger partial charge on any atom is -0.495 e. The van der Waals surface area contributed by atoms with E-state index in [1.807, 2.05) is 18.2 Å². The molecule has 0 aliphatic carbocycles. The molecule has 1 aromatic carbocycles. The topological polar surface area (TPSA) is 56.3 Å². The van der Waals surface area contributed by atoms with Crippen LogP contribution in [-0.4, -0.2) is 30.2 Å². The third-order valence-corrected chi connectivity index (χ3v) is 4.62.